The van der Waals surface area contributed by atoms with E-state index >= 15 is 0 Å². The first-order chi connectivity index (χ1) is 16.0. The minimum Gasteiger partial charge on any atom is -0.507 e. The van der Waals surface area contributed by atoms with E-state index in [9.17, 15) is 14.7 Å². The maximum Gasteiger partial charge on any atom is 0.295 e. The molecule has 0 spiro atoms. The van der Waals surface area contributed by atoms with Gasteiger partial charge in [-0.1, -0.05) is 44.0 Å². The summed E-state index contributed by atoms with van der Waals surface area (Å²) in [6, 6.07) is 12.9. The molecule has 5 rings (SSSR count). The Morgan fingerprint density at radius 2 is 1.82 bits per heavy atom. The van der Waals surface area contributed by atoms with Crippen molar-refractivity contribution in [3.05, 3.63) is 64.7 Å². The van der Waals surface area contributed by atoms with Gasteiger partial charge in [0.25, 0.3) is 11.7 Å². The Morgan fingerprint density at radius 3 is 2.52 bits per heavy atom. The fourth-order valence-electron chi connectivity index (χ4n) is 5.33. The zero-order chi connectivity index (χ0) is 23.1. The maximum atomic E-state index is 13.3. The molecule has 2 aromatic carbocycles. The van der Waals surface area contributed by atoms with E-state index in [1.54, 1.807) is 11.0 Å². The van der Waals surface area contributed by atoms with Crippen molar-refractivity contribution < 1.29 is 19.4 Å². The highest BCUT2D eigenvalue weighted by atomic mass is 16.5. The molecule has 2 aromatic rings. The number of rotatable bonds is 4. The number of Topliss-reactive ketones (excluding diaryl/α,β-unsaturated/α-hetero) is 1. The highest BCUT2D eigenvalue weighted by Crippen LogP contribution is 2.44. The summed E-state index contributed by atoms with van der Waals surface area (Å²) in [5.41, 5.74) is 3.60. The van der Waals surface area contributed by atoms with Gasteiger partial charge in [0.1, 0.15) is 18.1 Å². The average molecular weight is 447 g/mol. The smallest absolute Gasteiger partial charge is 0.295 e. The number of carbonyl (C=O) groups excluding carboxylic acids is 2. The van der Waals surface area contributed by atoms with Gasteiger partial charge < -0.3 is 19.6 Å². The maximum absolute atomic E-state index is 13.3. The third-order valence-electron chi connectivity index (χ3n) is 7.23. The van der Waals surface area contributed by atoms with Crippen LogP contribution in [0.25, 0.3) is 5.76 Å². The zero-order valence-corrected chi connectivity index (χ0v) is 19.2. The Hall–Kier alpha value is -3.28. The molecule has 1 unspecified atom stereocenters. The number of amides is 1. The molecule has 1 saturated heterocycles. The number of ketones is 1. The van der Waals surface area contributed by atoms with Gasteiger partial charge in [0, 0.05) is 18.7 Å². The minimum absolute atomic E-state index is 0.0191. The Morgan fingerprint density at radius 1 is 1.09 bits per heavy atom. The second kappa shape index (κ2) is 8.58. The monoisotopic (exact) mass is 446 g/mol. The highest BCUT2D eigenvalue weighted by molar-refractivity contribution is 6.46. The number of nitrogens with zero attached hydrogens (tertiary/aromatic N) is 2. The van der Waals surface area contributed by atoms with Gasteiger partial charge in [-0.15, -0.1) is 0 Å². The number of carbonyl (C=O) groups is 2. The summed E-state index contributed by atoms with van der Waals surface area (Å²) in [7, 11) is 1.97. The molecule has 0 bridgehead atoms. The van der Waals surface area contributed by atoms with Crippen molar-refractivity contribution in [1.29, 1.82) is 0 Å². The number of fused-ring (bicyclic) bond motifs is 1. The van der Waals surface area contributed by atoms with E-state index in [2.05, 4.69) is 11.8 Å². The third-order valence-corrected chi connectivity index (χ3v) is 7.23. The van der Waals surface area contributed by atoms with Crippen LogP contribution in [-0.4, -0.2) is 47.9 Å². The van der Waals surface area contributed by atoms with Crippen molar-refractivity contribution in [1.82, 2.24) is 4.90 Å². The number of hydrogen-bond acceptors (Lipinski definition) is 5. The molecule has 33 heavy (non-hydrogen) atoms. The van der Waals surface area contributed by atoms with Crippen molar-refractivity contribution in [2.24, 2.45) is 0 Å². The lowest BCUT2D eigenvalue weighted by molar-refractivity contribution is -0.141. The third kappa shape index (κ3) is 3.67. The fraction of sp³-hybridized carbons (Fsp3) is 0.407. The number of hydrogen-bond donors (Lipinski definition) is 1. The summed E-state index contributed by atoms with van der Waals surface area (Å²) in [5.74, 6) is -0.490. The van der Waals surface area contributed by atoms with E-state index in [0.29, 0.717) is 12.2 Å². The van der Waals surface area contributed by atoms with Gasteiger partial charge >= 0.3 is 0 Å². The topological polar surface area (TPSA) is 70.1 Å². The van der Waals surface area contributed by atoms with Crippen LogP contribution in [0.3, 0.4) is 0 Å². The molecule has 6 heteroatoms. The van der Waals surface area contributed by atoms with Crippen LogP contribution in [-0.2, 0) is 16.0 Å². The summed E-state index contributed by atoms with van der Waals surface area (Å²) in [5, 5.41) is 11.4. The molecule has 6 nitrogen and oxygen atoms in total. The van der Waals surface area contributed by atoms with Crippen LogP contribution in [0.15, 0.2) is 48.0 Å². The number of anilines is 1. The molecule has 1 aliphatic carbocycles. The average Bonchev–Trinajstić information content (AvgIpc) is 3.45. The van der Waals surface area contributed by atoms with E-state index in [0.717, 1.165) is 55.6 Å². The summed E-state index contributed by atoms with van der Waals surface area (Å²) in [6.07, 6.45) is 4.78. The molecule has 1 N–H and O–H groups in total. The molecule has 1 atom stereocenters. The molecule has 0 aromatic heterocycles. The number of likely N-dealkylation sites (N-methyl/N-ethyl adjacent to an activating group) is 1. The molecule has 1 amide bonds. The highest BCUT2D eigenvalue weighted by Gasteiger charge is 2.49. The molecule has 1 saturated carbocycles. The lowest BCUT2D eigenvalue weighted by Crippen LogP contribution is -2.37. The van der Waals surface area contributed by atoms with Gasteiger partial charge in [-0.3, -0.25) is 9.59 Å². The molecule has 2 fully saturated rings. The Kier molecular flexibility index (Phi) is 5.60. The van der Waals surface area contributed by atoms with Crippen molar-refractivity contribution in [2.45, 2.75) is 51.1 Å². The number of benzene rings is 2. The Labute approximate surface area is 194 Å². The Bertz CT molecular complexity index is 1120. The molecular weight excluding hydrogens is 416 g/mol. The van der Waals surface area contributed by atoms with Gasteiger partial charge in [0.2, 0.25) is 0 Å². The van der Waals surface area contributed by atoms with Gasteiger partial charge in [-0.05, 0) is 48.6 Å². The lowest BCUT2D eigenvalue weighted by Gasteiger charge is -2.31. The predicted molar refractivity (Wildman–Crippen MR) is 127 cm³/mol. The number of aryl methyl sites for hydroxylation is 1. The predicted octanol–water partition coefficient (Wildman–Crippen LogP) is 4.44. The van der Waals surface area contributed by atoms with E-state index in [1.165, 1.54) is 5.56 Å². The molecule has 2 aliphatic heterocycles. The first-order valence-electron chi connectivity index (χ1n) is 11.9. The summed E-state index contributed by atoms with van der Waals surface area (Å²) in [6.45, 7) is 3.44. The van der Waals surface area contributed by atoms with Crippen LogP contribution in [0.4, 0.5) is 5.69 Å². The van der Waals surface area contributed by atoms with Gasteiger partial charge in [0.05, 0.1) is 23.8 Å². The number of aliphatic hydroxyl groups excluding tert-OH is 1. The van der Waals surface area contributed by atoms with E-state index in [4.69, 9.17) is 4.74 Å². The number of aliphatic hydroxyl groups is 1. The Balaban J connectivity index is 1.64. The van der Waals surface area contributed by atoms with E-state index < -0.39 is 17.7 Å². The van der Waals surface area contributed by atoms with Crippen LogP contribution in [0.2, 0.25) is 0 Å². The molecule has 172 valence electrons. The summed E-state index contributed by atoms with van der Waals surface area (Å²) >= 11 is 0. The second-order valence-electron chi connectivity index (χ2n) is 9.19. The van der Waals surface area contributed by atoms with Crippen molar-refractivity contribution in [2.75, 3.05) is 25.1 Å². The van der Waals surface area contributed by atoms with E-state index in [1.807, 2.05) is 43.4 Å². The molecule has 3 aliphatic rings. The first kappa shape index (κ1) is 21.6. The second-order valence-corrected chi connectivity index (χ2v) is 9.19. The normalized spacial score (nSPS) is 22.5. The lowest BCUT2D eigenvalue weighted by atomic mass is 9.93. The first-order valence-corrected chi connectivity index (χ1v) is 11.9. The summed E-state index contributed by atoms with van der Waals surface area (Å²) < 4.78 is 5.72. The van der Waals surface area contributed by atoms with Crippen LogP contribution >= 0.6 is 0 Å². The van der Waals surface area contributed by atoms with Crippen molar-refractivity contribution >= 4 is 23.1 Å². The molecule has 2 heterocycles. The summed E-state index contributed by atoms with van der Waals surface area (Å²) in [4.78, 5) is 30.3. The van der Waals surface area contributed by atoms with Crippen molar-refractivity contribution in [3.63, 3.8) is 0 Å². The largest absolute Gasteiger partial charge is 0.507 e. The van der Waals surface area contributed by atoms with Crippen molar-refractivity contribution in [3.8, 4) is 5.75 Å². The number of ether oxygens (including phenoxy) is 1. The van der Waals surface area contributed by atoms with Crippen LogP contribution in [0.1, 0.15) is 55.3 Å². The fourth-order valence-corrected chi connectivity index (χ4v) is 5.33. The van der Waals surface area contributed by atoms with Crippen LogP contribution < -0.4 is 9.64 Å². The zero-order valence-electron chi connectivity index (χ0n) is 19.2. The van der Waals surface area contributed by atoms with Gasteiger partial charge in [-0.2, -0.15) is 0 Å². The van der Waals surface area contributed by atoms with Gasteiger partial charge in [0.15, 0.2) is 0 Å². The number of likely N-dealkylation sites (tertiary alicyclic amines) is 1. The van der Waals surface area contributed by atoms with E-state index in [-0.39, 0.29) is 17.4 Å². The van der Waals surface area contributed by atoms with Gasteiger partial charge in [-0.25, -0.2) is 0 Å². The molecular formula is C27H30N2O4. The van der Waals surface area contributed by atoms with Crippen LogP contribution in [0, 0.1) is 0 Å². The SMILES string of the molecule is CCc1ccc(C2/C(=C(/O)c3ccc4c(c3)N(C)CCO4)C(=O)C(=O)N2C2CCCC2)cc1. The quantitative estimate of drug-likeness (QED) is 0.427. The van der Waals surface area contributed by atoms with Crippen LogP contribution in [0.5, 0.6) is 5.75 Å². The molecule has 0 radical (unpaired) electrons. The minimum atomic E-state index is -0.605. The standard InChI is InChI=1S/C27H30N2O4/c1-3-17-8-10-18(11-9-17)24-23(26(31)27(32)29(24)20-6-4-5-7-20)25(30)19-12-13-22-21(16-19)28(2)14-15-33-22/h8-13,16,20,24,30H,3-7,14-15H2,1-2H3/b25-23-.